The maximum Gasteiger partial charge on any atom is 0.223 e. The maximum absolute atomic E-state index is 13.2. The summed E-state index contributed by atoms with van der Waals surface area (Å²) >= 11 is 0. The van der Waals surface area contributed by atoms with E-state index < -0.39 is 31.0 Å². The average molecular weight is 642 g/mol. The van der Waals surface area contributed by atoms with E-state index in [9.17, 15) is 25.2 Å². The van der Waals surface area contributed by atoms with Gasteiger partial charge in [0.2, 0.25) is 5.91 Å². The highest BCUT2D eigenvalue weighted by molar-refractivity contribution is 5.76. The lowest BCUT2D eigenvalue weighted by atomic mass is 9.99. The van der Waals surface area contributed by atoms with Crippen LogP contribution in [0.25, 0.3) is 11.1 Å². The van der Waals surface area contributed by atoms with Gasteiger partial charge in [-0.25, -0.2) is 5.10 Å². The van der Waals surface area contributed by atoms with Gasteiger partial charge in [-0.2, -0.15) is 0 Å². The van der Waals surface area contributed by atoms with Gasteiger partial charge in [0.1, 0.15) is 18.3 Å². The molecule has 0 saturated heterocycles. The van der Waals surface area contributed by atoms with Gasteiger partial charge in [-0.05, 0) is 97.8 Å². The monoisotopic (exact) mass is 641 g/mol. The normalized spacial score (nSPS) is 15.0. The van der Waals surface area contributed by atoms with Crippen molar-refractivity contribution in [3.8, 4) is 11.1 Å². The van der Waals surface area contributed by atoms with Gasteiger partial charge >= 0.3 is 0 Å². The predicted molar refractivity (Wildman–Crippen MR) is 174 cm³/mol. The standard InChI is InChI=1S/C33H51N7O6/c1-39(21-28(42)31(45)32(46)29(43)22-41)20-6-4-8-27(33-35-37-38-36-33)40(2)30(44)18-13-24-11-16-26(17-12-24)25-14-9-23(10-15-25)7-3-5-19-34/h9-12,14-17,27-29,31-32,41-43,45-46H,3-8,13,18-22,34H2,1-2H3,(H,35,36,37,38)/t27-,28-,29+,31+,32+/m0/s1. The summed E-state index contributed by atoms with van der Waals surface area (Å²) in [6.45, 7) is 0.643. The van der Waals surface area contributed by atoms with Crippen LogP contribution >= 0.6 is 0 Å². The zero-order valence-electron chi connectivity index (χ0n) is 26.9. The Bertz CT molecular complexity index is 1260. The highest BCUT2D eigenvalue weighted by Crippen LogP contribution is 2.24. The van der Waals surface area contributed by atoms with Gasteiger partial charge < -0.3 is 41.1 Å². The van der Waals surface area contributed by atoms with Gasteiger partial charge in [0.25, 0.3) is 0 Å². The van der Waals surface area contributed by atoms with Crippen molar-refractivity contribution < 1.29 is 30.3 Å². The van der Waals surface area contributed by atoms with Gasteiger partial charge in [0.05, 0.1) is 18.8 Å². The Morgan fingerprint density at radius 1 is 0.848 bits per heavy atom. The Balaban J connectivity index is 1.47. The van der Waals surface area contributed by atoms with Crippen LogP contribution in [0.1, 0.15) is 61.5 Å². The topological polar surface area (TPSA) is 205 Å². The summed E-state index contributed by atoms with van der Waals surface area (Å²) in [5.41, 5.74) is 10.3. The van der Waals surface area contributed by atoms with E-state index in [0.29, 0.717) is 31.6 Å². The Hall–Kier alpha value is -3.30. The number of nitrogens with one attached hydrogen (secondary N) is 1. The number of H-pyrrole nitrogens is 1. The molecule has 13 heteroatoms. The van der Waals surface area contributed by atoms with Crippen LogP contribution in [0.3, 0.4) is 0 Å². The highest BCUT2D eigenvalue weighted by Gasteiger charge is 2.30. The summed E-state index contributed by atoms with van der Waals surface area (Å²) in [6, 6.07) is 16.6. The summed E-state index contributed by atoms with van der Waals surface area (Å²) in [5, 5.41) is 62.8. The van der Waals surface area contributed by atoms with Crippen molar-refractivity contribution in [2.45, 2.75) is 81.8 Å². The summed E-state index contributed by atoms with van der Waals surface area (Å²) in [5.74, 6) is 0.488. The van der Waals surface area contributed by atoms with E-state index >= 15 is 0 Å². The first-order valence-electron chi connectivity index (χ1n) is 16.0. The predicted octanol–water partition coefficient (Wildman–Crippen LogP) is 0.818. The van der Waals surface area contributed by atoms with E-state index in [4.69, 9.17) is 10.8 Å². The number of carbonyl (C=O) groups excluding carboxylic acids is 1. The number of carbonyl (C=O) groups is 1. The molecule has 0 saturated carbocycles. The molecule has 3 aromatic rings. The minimum absolute atomic E-state index is 0.0199. The Labute approximate surface area is 271 Å². The molecule has 0 fully saturated rings. The molecular weight excluding hydrogens is 590 g/mol. The number of aryl methyl sites for hydroxylation is 2. The summed E-state index contributed by atoms with van der Waals surface area (Å²) in [7, 11) is 3.53. The van der Waals surface area contributed by atoms with Crippen molar-refractivity contribution in [1.82, 2.24) is 30.4 Å². The number of tetrazole rings is 1. The van der Waals surface area contributed by atoms with Crippen LogP contribution in [0.5, 0.6) is 0 Å². The molecule has 5 atom stereocenters. The molecule has 2 aromatic carbocycles. The molecule has 0 spiro atoms. The second-order valence-corrected chi connectivity index (χ2v) is 12.0. The number of benzene rings is 2. The lowest BCUT2D eigenvalue weighted by Crippen LogP contribution is -2.49. The van der Waals surface area contributed by atoms with Crippen LogP contribution < -0.4 is 5.73 Å². The third-order valence-corrected chi connectivity index (χ3v) is 8.42. The van der Waals surface area contributed by atoms with E-state index in [0.717, 1.165) is 55.3 Å². The number of aromatic amines is 1. The van der Waals surface area contributed by atoms with Crippen LogP contribution in [0.15, 0.2) is 48.5 Å². The number of hydrogen-bond donors (Lipinski definition) is 7. The third-order valence-electron chi connectivity index (χ3n) is 8.42. The molecule has 0 aliphatic heterocycles. The van der Waals surface area contributed by atoms with Crippen molar-refractivity contribution in [1.29, 1.82) is 0 Å². The number of nitrogens with two attached hydrogens (primary N) is 1. The summed E-state index contributed by atoms with van der Waals surface area (Å²) in [4.78, 5) is 16.7. The van der Waals surface area contributed by atoms with E-state index in [-0.39, 0.29) is 18.5 Å². The quantitative estimate of drug-likeness (QED) is 0.0811. The zero-order valence-corrected chi connectivity index (χ0v) is 26.9. The number of amides is 1. The first-order chi connectivity index (χ1) is 22.1. The number of likely N-dealkylation sites (N-methyl/N-ethyl adjacent to an activating group) is 1. The van der Waals surface area contributed by atoms with Gasteiger partial charge in [-0.3, -0.25) is 4.79 Å². The van der Waals surface area contributed by atoms with E-state index in [1.807, 2.05) is 0 Å². The fourth-order valence-electron chi connectivity index (χ4n) is 5.43. The van der Waals surface area contributed by atoms with E-state index in [1.165, 1.54) is 5.56 Å². The van der Waals surface area contributed by atoms with Crippen LogP contribution in [0, 0.1) is 0 Å². The molecule has 13 nitrogen and oxygen atoms in total. The van der Waals surface area contributed by atoms with Crippen LogP contribution in [0.2, 0.25) is 0 Å². The Morgan fingerprint density at radius 2 is 1.46 bits per heavy atom. The second kappa shape index (κ2) is 19.4. The molecule has 46 heavy (non-hydrogen) atoms. The van der Waals surface area contributed by atoms with Crippen LogP contribution in [-0.4, -0.2) is 127 Å². The molecule has 1 amide bonds. The smallest absolute Gasteiger partial charge is 0.223 e. The summed E-state index contributed by atoms with van der Waals surface area (Å²) < 4.78 is 0. The van der Waals surface area contributed by atoms with Crippen LogP contribution in [-0.2, 0) is 17.6 Å². The molecule has 0 aliphatic rings. The van der Waals surface area contributed by atoms with Crippen molar-refractivity contribution in [2.75, 3.05) is 40.3 Å². The van der Waals surface area contributed by atoms with Crippen molar-refractivity contribution in [3.63, 3.8) is 0 Å². The largest absolute Gasteiger partial charge is 0.394 e. The molecule has 0 unspecified atom stereocenters. The molecule has 0 bridgehead atoms. The van der Waals surface area contributed by atoms with E-state index in [1.54, 1.807) is 23.9 Å². The Morgan fingerprint density at radius 3 is 2.02 bits per heavy atom. The second-order valence-electron chi connectivity index (χ2n) is 12.0. The van der Waals surface area contributed by atoms with Gasteiger partial charge in [0.15, 0.2) is 5.82 Å². The number of aliphatic hydroxyl groups excluding tert-OH is 5. The summed E-state index contributed by atoms with van der Waals surface area (Å²) in [6.07, 6.45) is 0.0773. The number of aliphatic hydroxyl groups is 5. The maximum atomic E-state index is 13.2. The average Bonchev–Trinajstić information content (AvgIpc) is 3.61. The molecule has 254 valence electrons. The number of unbranched alkanes of at least 4 members (excludes halogenated alkanes) is 2. The van der Waals surface area contributed by atoms with Gasteiger partial charge in [-0.15, -0.1) is 5.10 Å². The van der Waals surface area contributed by atoms with Crippen molar-refractivity contribution in [2.24, 2.45) is 5.73 Å². The highest BCUT2D eigenvalue weighted by atomic mass is 16.4. The first-order valence-corrected chi connectivity index (χ1v) is 16.0. The van der Waals surface area contributed by atoms with Crippen molar-refractivity contribution >= 4 is 5.91 Å². The molecule has 8 N–H and O–H groups in total. The third kappa shape index (κ3) is 11.5. The minimum Gasteiger partial charge on any atom is -0.394 e. The molecule has 0 aliphatic carbocycles. The molecule has 0 radical (unpaired) electrons. The molecule has 1 aromatic heterocycles. The van der Waals surface area contributed by atoms with E-state index in [2.05, 4.69) is 69.2 Å². The number of nitrogens with zero attached hydrogens (tertiary/aromatic N) is 5. The van der Waals surface area contributed by atoms with Crippen LogP contribution in [0.4, 0.5) is 0 Å². The lowest BCUT2D eigenvalue weighted by molar-refractivity contribution is -0.132. The van der Waals surface area contributed by atoms with Gasteiger partial charge in [-0.1, -0.05) is 48.5 Å². The SMILES string of the molecule is CN(CCCC[C@@H](c1nnn[nH]1)N(C)C(=O)CCc1ccc(-c2ccc(CCCCN)cc2)cc1)C[C@H](O)[C@@H](O)[C@H](O)[C@H](O)CO. The molecule has 3 rings (SSSR count). The first kappa shape index (κ1) is 37.2. The number of hydrogen-bond acceptors (Lipinski definition) is 11. The number of rotatable bonds is 21. The van der Waals surface area contributed by atoms with Gasteiger partial charge in [0, 0.05) is 20.0 Å². The minimum atomic E-state index is -1.66. The molecular formula is C33H51N7O6. The fourth-order valence-corrected chi connectivity index (χ4v) is 5.43. The van der Waals surface area contributed by atoms with Crippen molar-refractivity contribution in [3.05, 3.63) is 65.5 Å². The number of aromatic nitrogens is 4. The fraction of sp³-hybridized carbons (Fsp3) is 0.576. The molecule has 1 heterocycles. The Kier molecular flexibility index (Phi) is 15.7. The lowest BCUT2D eigenvalue weighted by Gasteiger charge is -2.29. The zero-order chi connectivity index (χ0) is 33.5.